The summed E-state index contributed by atoms with van der Waals surface area (Å²) in [4.78, 5) is 9.03. The Morgan fingerprint density at radius 2 is 1.97 bits per heavy atom. The third-order valence-corrected chi connectivity index (χ3v) is 9.09. The summed E-state index contributed by atoms with van der Waals surface area (Å²) in [6.07, 6.45) is 1.80. The Kier molecular flexibility index (Phi) is 5.25. The lowest BCUT2D eigenvalue weighted by atomic mass is 9.92. The highest BCUT2D eigenvalue weighted by molar-refractivity contribution is 7.93. The molecule has 3 N–H and O–H groups in total. The molecule has 0 unspecified atom stereocenters. The molecule has 0 spiro atoms. The number of fused-ring (bicyclic) bond motifs is 1. The first-order valence-electron chi connectivity index (χ1n) is 10.1. The van der Waals surface area contributed by atoms with E-state index in [4.69, 9.17) is 17.3 Å². The average molecular weight is 478 g/mol. The van der Waals surface area contributed by atoms with Crippen LogP contribution in [-0.4, -0.2) is 34.1 Å². The number of sulfone groups is 1. The van der Waals surface area contributed by atoms with Gasteiger partial charge in [-0.2, -0.15) is 0 Å². The van der Waals surface area contributed by atoms with Gasteiger partial charge >= 0.3 is 0 Å². The zero-order chi connectivity index (χ0) is 23.5. The molecule has 7 nitrogen and oxygen atoms in total. The van der Waals surface area contributed by atoms with Gasteiger partial charge in [-0.25, -0.2) is 17.8 Å². The Morgan fingerprint density at radius 1 is 1.25 bits per heavy atom. The number of nitrogens with one attached hydrogen (secondary N) is 1. The van der Waals surface area contributed by atoms with Crippen molar-refractivity contribution < 1.29 is 12.8 Å². The van der Waals surface area contributed by atoms with Crippen LogP contribution >= 0.6 is 11.6 Å². The molecule has 4 rings (SSSR count). The molecule has 1 atom stereocenters. The van der Waals surface area contributed by atoms with Gasteiger partial charge in [0.15, 0.2) is 9.84 Å². The van der Waals surface area contributed by atoms with E-state index in [0.29, 0.717) is 17.3 Å². The monoisotopic (exact) mass is 477 g/mol. The van der Waals surface area contributed by atoms with E-state index in [1.165, 1.54) is 19.9 Å². The maximum absolute atomic E-state index is 14.8. The molecule has 10 heteroatoms. The molecule has 3 aromatic rings. The maximum Gasteiger partial charge on any atom is 0.165 e. The largest absolute Gasteiger partial charge is 0.386 e. The smallest absolute Gasteiger partial charge is 0.165 e. The highest BCUT2D eigenvalue weighted by atomic mass is 35.5. The zero-order valence-electron chi connectivity index (χ0n) is 18.3. The summed E-state index contributed by atoms with van der Waals surface area (Å²) in [5.41, 5.74) is 7.99. The van der Waals surface area contributed by atoms with Gasteiger partial charge < -0.3 is 15.5 Å². The van der Waals surface area contributed by atoms with Crippen LogP contribution in [0, 0.1) is 12.7 Å². The molecule has 0 radical (unpaired) electrons. The number of anilines is 1. The van der Waals surface area contributed by atoms with E-state index in [1.54, 1.807) is 31.3 Å². The second-order valence-electron chi connectivity index (χ2n) is 8.81. The summed E-state index contributed by atoms with van der Waals surface area (Å²) in [6, 6.07) is 8.10. The van der Waals surface area contributed by atoms with Crippen LogP contribution in [0.5, 0.6) is 0 Å². The topological polar surface area (TPSA) is 102 Å². The van der Waals surface area contributed by atoms with Crippen LogP contribution in [0.1, 0.15) is 37.7 Å². The van der Waals surface area contributed by atoms with Gasteiger partial charge in [-0.1, -0.05) is 11.6 Å². The third kappa shape index (κ3) is 3.63. The molecule has 32 heavy (non-hydrogen) atoms. The van der Waals surface area contributed by atoms with Crippen LogP contribution in [0.15, 0.2) is 41.5 Å². The summed E-state index contributed by atoms with van der Waals surface area (Å²) < 4.78 is 41.1. The molecule has 1 aromatic carbocycles. The van der Waals surface area contributed by atoms with Crippen molar-refractivity contribution >= 4 is 38.6 Å². The number of benzene rings is 1. The second kappa shape index (κ2) is 7.45. The van der Waals surface area contributed by atoms with Crippen molar-refractivity contribution in [3.8, 4) is 0 Å². The molecule has 0 amide bonds. The van der Waals surface area contributed by atoms with Gasteiger partial charge in [-0.15, -0.1) is 0 Å². The summed E-state index contributed by atoms with van der Waals surface area (Å²) in [6.45, 7) is 6.95. The van der Waals surface area contributed by atoms with Crippen molar-refractivity contribution in [2.24, 2.45) is 10.7 Å². The van der Waals surface area contributed by atoms with E-state index in [1.807, 2.05) is 17.4 Å². The number of rotatable bonds is 4. The minimum absolute atomic E-state index is 0.0250. The van der Waals surface area contributed by atoms with Crippen LogP contribution in [0.4, 0.5) is 10.1 Å². The van der Waals surface area contributed by atoms with Crippen LogP contribution in [0.2, 0.25) is 5.02 Å². The van der Waals surface area contributed by atoms with E-state index in [0.717, 1.165) is 17.0 Å². The summed E-state index contributed by atoms with van der Waals surface area (Å²) in [5.74, 6) is -0.897. The van der Waals surface area contributed by atoms with Crippen molar-refractivity contribution in [2.75, 3.05) is 11.1 Å². The number of pyridine rings is 1. The van der Waals surface area contributed by atoms with Gasteiger partial charge in [-0.3, -0.25) is 4.99 Å². The SMILES string of the molecule is Cc1c(CNc2ccc(F)c([C@]3(C)CS(=O)(=O)C(C)(C)C(N)=N3)c2)nc2ccc(Cl)cn12. The molecule has 2 aromatic heterocycles. The lowest BCUT2D eigenvalue weighted by molar-refractivity contribution is 0.476. The first-order valence-corrected chi connectivity index (χ1v) is 12.1. The normalized spacial score (nSPS) is 22.0. The first kappa shape index (κ1) is 22.5. The van der Waals surface area contributed by atoms with E-state index < -0.39 is 25.9 Å². The number of halogens is 2. The molecule has 0 saturated heterocycles. The van der Waals surface area contributed by atoms with Crippen LogP contribution < -0.4 is 11.1 Å². The standard InChI is InChI=1S/C22H25ClFN5O2S/c1-13-18(27-19-8-5-14(23)11-29(13)19)10-26-15-6-7-17(24)16(9-15)22(4)12-32(30,31)21(2,3)20(25)28-22/h5-9,11,26H,10,12H2,1-4H3,(H2,25,28)/t22-/m0/s1. The van der Waals surface area contributed by atoms with Gasteiger partial charge in [0.25, 0.3) is 0 Å². The molecule has 1 aliphatic heterocycles. The lowest BCUT2D eigenvalue weighted by Crippen LogP contribution is -2.54. The van der Waals surface area contributed by atoms with Crippen LogP contribution in [-0.2, 0) is 21.9 Å². The average Bonchev–Trinajstić information content (AvgIpc) is 3.01. The minimum atomic E-state index is -3.64. The number of imidazole rings is 1. The predicted octanol–water partition coefficient (Wildman–Crippen LogP) is 3.83. The molecule has 3 heterocycles. The predicted molar refractivity (Wildman–Crippen MR) is 126 cm³/mol. The molecule has 1 aliphatic rings. The number of nitrogens with two attached hydrogens (primary N) is 1. The first-order chi connectivity index (χ1) is 14.8. The van der Waals surface area contributed by atoms with Gasteiger partial charge in [0, 0.05) is 23.1 Å². The molecule has 0 aliphatic carbocycles. The fraction of sp³-hybridized carbons (Fsp3) is 0.364. The third-order valence-electron chi connectivity index (χ3n) is 6.16. The number of aromatic nitrogens is 2. The molecular formula is C22H25ClFN5O2S. The van der Waals surface area contributed by atoms with E-state index in [-0.39, 0.29) is 17.2 Å². The van der Waals surface area contributed by atoms with E-state index >= 15 is 0 Å². The fourth-order valence-electron chi connectivity index (χ4n) is 3.87. The molecule has 0 saturated carbocycles. The Hall–Kier alpha value is -2.65. The van der Waals surface area contributed by atoms with E-state index in [2.05, 4.69) is 15.3 Å². The maximum atomic E-state index is 14.8. The number of amidine groups is 1. The molecule has 0 fully saturated rings. The van der Waals surface area contributed by atoms with Crippen molar-refractivity contribution in [1.82, 2.24) is 9.38 Å². The Balaban J connectivity index is 1.66. The highest BCUT2D eigenvalue weighted by Crippen LogP contribution is 2.38. The number of aliphatic imine (C=N–C) groups is 1. The molecule has 170 valence electrons. The summed E-state index contributed by atoms with van der Waals surface area (Å²) in [7, 11) is -3.64. The minimum Gasteiger partial charge on any atom is -0.386 e. The highest BCUT2D eigenvalue weighted by Gasteiger charge is 2.49. The number of nitrogens with zero attached hydrogens (tertiary/aromatic N) is 3. The van der Waals surface area contributed by atoms with Gasteiger partial charge in [0.05, 0.1) is 23.0 Å². The van der Waals surface area contributed by atoms with Crippen molar-refractivity contribution in [1.29, 1.82) is 0 Å². The summed E-state index contributed by atoms with van der Waals surface area (Å²) in [5, 5.41) is 3.86. The van der Waals surface area contributed by atoms with Crippen molar-refractivity contribution in [2.45, 2.75) is 44.5 Å². The van der Waals surface area contributed by atoms with Gasteiger partial charge in [-0.05, 0) is 58.0 Å². The number of hydrogen-bond donors (Lipinski definition) is 2. The number of aryl methyl sites for hydroxylation is 1. The van der Waals surface area contributed by atoms with E-state index in [9.17, 15) is 12.8 Å². The molecular weight excluding hydrogens is 453 g/mol. The van der Waals surface area contributed by atoms with Gasteiger partial charge in [0.1, 0.15) is 27.6 Å². The Labute approximate surface area is 191 Å². The molecule has 0 bridgehead atoms. The lowest BCUT2D eigenvalue weighted by Gasteiger charge is -2.38. The Morgan fingerprint density at radius 3 is 2.66 bits per heavy atom. The Bertz CT molecular complexity index is 1370. The van der Waals surface area contributed by atoms with Crippen molar-refractivity contribution in [3.63, 3.8) is 0 Å². The second-order valence-corrected chi connectivity index (χ2v) is 11.8. The summed E-state index contributed by atoms with van der Waals surface area (Å²) >= 11 is 6.08. The zero-order valence-corrected chi connectivity index (χ0v) is 19.9. The number of hydrogen-bond acceptors (Lipinski definition) is 6. The fourth-order valence-corrected chi connectivity index (χ4v) is 5.71. The van der Waals surface area contributed by atoms with Gasteiger partial charge in [0.2, 0.25) is 0 Å². The van der Waals surface area contributed by atoms with Crippen LogP contribution in [0.25, 0.3) is 5.65 Å². The quantitative estimate of drug-likeness (QED) is 0.594. The van der Waals surface area contributed by atoms with Crippen LogP contribution in [0.3, 0.4) is 0 Å². The van der Waals surface area contributed by atoms with Crippen molar-refractivity contribution in [3.05, 3.63) is 64.3 Å².